The SMILES string of the molecule is C/C=C1\[C@H](O[C@@H]2O[C@H](CO)[C@@H](O)[C@H](O)[C@H]2O)OC=C(C(=O)OC)[C@H]1CC(=O)OC[C@@H](C)[C@@H]1C[C@H](OC(=O)C[C@@H]2C(C(=O)OC)=CO[C@@H](O[C@@H]3O[C@H](CO)[C@@H](O)[C@H](O)[C@H]3O)/C2=C\C)[C@@H](C)[C@H]1COC(=O)C[C@@H]1C(C(=O)OC)=CO[C@@H](O[C@@H]2O[C@H](CO)[C@@H](O)[C@H](O)[C@H]2O)/C1=C/C. The number of methoxy groups -OCH3 is 3. The van der Waals surface area contributed by atoms with Crippen molar-refractivity contribution in [3.63, 3.8) is 0 Å². The number of allylic oxidation sites excluding steroid dienone is 3. The standard InChI is InChI=1S/C61H86O33/c1-9-26-30(34(53(77)80-6)21-85-56(26)92-59-50(74)47(71)44(68)38(16-62)89-59)13-41(65)83-19-24(4)29-12-37(88-43(67)15-32-28(11-3)58(87-23-36(32)55(79)82-8)94-61-52(76)49(73)46(70)40(18-64)91-61)25(5)33(29)20-84-42(66)14-31-27(10-2)57(86-22-35(31)54(78)81-7)93-60-51(75)48(72)45(69)39(17-63)90-60/h9-11,21-25,29-33,37-40,44-52,56-64,68-76H,12-20H2,1-8H3/b26-9-,27-10+,28-11-/t24-,25+,29+,30+,31+,32+,33-,37+,38-,39-,40-,44-,45-,46-,47+,48+,49+,50-,51-,52-,56+,57+,58+,59+,60+,61+/m1/s1. The summed E-state index contributed by atoms with van der Waals surface area (Å²) in [5.74, 6) is -11.5. The van der Waals surface area contributed by atoms with Crippen LogP contribution in [0.5, 0.6) is 0 Å². The van der Waals surface area contributed by atoms with Gasteiger partial charge in [-0.3, -0.25) is 14.4 Å². The maximum absolute atomic E-state index is 14.4. The molecule has 1 aliphatic carbocycles. The van der Waals surface area contributed by atoms with E-state index in [1.807, 2.05) is 0 Å². The topological polar surface area (TPSA) is 484 Å². The van der Waals surface area contributed by atoms with Gasteiger partial charge in [0.25, 0.3) is 0 Å². The summed E-state index contributed by atoms with van der Waals surface area (Å²) in [6.07, 6.45) is -25.1. The van der Waals surface area contributed by atoms with Gasteiger partial charge >= 0.3 is 35.8 Å². The molecule has 0 spiro atoms. The molecule has 528 valence electrons. The molecule has 6 heterocycles. The van der Waals surface area contributed by atoms with Gasteiger partial charge in [-0.05, 0) is 44.9 Å². The molecule has 3 saturated heterocycles. The molecule has 0 aromatic rings. The van der Waals surface area contributed by atoms with Crippen LogP contribution in [0.3, 0.4) is 0 Å². The van der Waals surface area contributed by atoms with Gasteiger partial charge < -0.3 is 132 Å². The van der Waals surface area contributed by atoms with Crippen molar-refractivity contribution >= 4 is 35.8 Å². The van der Waals surface area contributed by atoms with Crippen molar-refractivity contribution in [1.29, 1.82) is 0 Å². The first kappa shape index (κ1) is 75.3. The van der Waals surface area contributed by atoms with Crippen LogP contribution in [0.2, 0.25) is 0 Å². The lowest BCUT2D eigenvalue weighted by atomic mass is 9.83. The lowest BCUT2D eigenvalue weighted by molar-refractivity contribution is -0.327. The number of aliphatic hydroxyl groups is 12. The third kappa shape index (κ3) is 16.7. The average Bonchev–Trinajstić information content (AvgIpc) is 0.882. The summed E-state index contributed by atoms with van der Waals surface area (Å²) in [7, 11) is 3.28. The maximum Gasteiger partial charge on any atom is 0.337 e. The first-order chi connectivity index (χ1) is 44.8. The molecule has 1 saturated carbocycles. The molecule has 33 nitrogen and oxygen atoms in total. The highest BCUT2D eigenvalue weighted by Crippen LogP contribution is 2.46. The summed E-state index contributed by atoms with van der Waals surface area (Å²) in [6, 6.07) is 0. The van der Waals surface area contributed by atoms with Crippen molar-refractivity contribution < 1.29 is 161 Å². The van der Waals surface area contributed by atoms with E-state index in [0.717, 1.165) is 40.1 Å². The minimum absolute atomic E-state index is 0.0460. The number of carbonyl (C=O) groups is 6. The zero-order valence-electron chi connectivity index (χ0n) is 52.8. The number of hydrogen-bond acceptors (Lipinski definition) is 33. The van der Waals surface area contributed by atoms with E-state index in [2.05, 4.69) is 0 Å². The Morgan fingerprint density at radius 1 is 0.500 bits per heavy atom. The van der Waals surface area contributed by atoms with E-state index < -0.39 is 233 Å². The molecule has 26 atom stereocenters. The van der Waals surface area contributed by atoms with Crippen molar-refractivity contribution in [2.75, 3.05) is 54.4 Å². The molecule has 12 N–H and O–H groups in total. The summed E-state index contributed by atoms with van der Waals surface area (Å²) in [5, 5.41) is 124. The van der Waals surface area contributed by atoms with Crippen LogP contribution in [0.1, 0.15) is 60.3 Å². The monoisotopic (exact) mass is 1350 g/mol. The van der Waals surface area contributed by atoms with Gasteiger partial charge in [0.2, 0.25) is 18.9 Å². The van der Waals surface area contributed by atoms with Gasteiger partial charge in [-0.1, -0.05) is 32.1 Å². The van der Waals surface area contributed by atoms with E-state index in [1.165, 1.54) is 39.0 Å². The number of hydrogen-bond donors (Lipinski definition) is 12. The lowest BCUT2D eigenvalue weighted by Gasteiger charge is -2.42. The van der Waals surface area contributed by atoms with Crippen molar-refractivity contribution in [1.82, 2.24) is 0 Å². The summed E-state index contributed by atoms with van der Waals surface area (Å²) in [4.78, 5) is 82.5. The van der Waals surface area contributed by atoms with Gasteiger partial charge in [-0.2, -0.15) is 0 Å². The fourth-order valence-corrected chi connectivity index (χ4v) is 12.6. The number of aliphatic hydroxyl groups excluding tert-OH is 12. The number of rotatable bonds is 24. The van der Waals surface area contributed by atoms with Crippen LogP contribution in [-0.4, -0.2) is 269 Å². The highest BCUT2D eigenvalue weighted by Gasteiger charge is 2.52. The molecule has 0 radical (unpaired) electrons. The van der Waals surface area contributed by atoms with Gasteiger partial charge in [0, 0.05) is 40.4 Å². The molecular formula is C61H86O33. The molecule has 7 aliphatic rings. The second-order valence-corrected chi connectivity index (χ2v) is 23.5. The van der Waals surface area contributed by atoms with Crippen molar-refractivity contribution in [3.8, 4) is 0 Å². The minimum atomic E-state index is -1.86. The molecule has 0 aromatic carbocycles. The number of ether oxygens (including phenoxy) is 15. The quantitative estimate of drug-likeness (QED) is 0.0253. The molecule has 33 heteroatoms. The zero-order valence-corrected chi connectivity index (χ0v) is 52.8. The molecule has 0 bridgehead atoms. The van der Waals surface area contributed by atoms with Gasteiger partial charge in [0.05, 0.1) is 109 Å². The van der Waals surface area contributed by atoms with E-state index in [4.69, 9.17) is 71.1 Å². The Hall–Kier alpha value is -6.06. The van der Waals surface area contributed by atoms with E-state index in [0.29, 0.717) is 0 Å². The first-order valence-electron chi connectivity index (χ1n) is 30.4. The molecule has 6 aliphatic heterocycles. The van der Waals surface area contributed by atoms with Gasteiger partial charge in [-0.15, -0.1) is 0 Å². The van der Waals surface area contributed by atoms with Crippen LogP contribution in [0.25, 0.3) is 0 Å². The minimum Gasteiger partial charge on any atom is -0.468 e. The average molecular weight is 1350 g/mol. The van der Waals surface area contributed by atoms with Gasteiger partial charge in [0.15, 0.2) is 18.9 Å². The van der Waals surface area contributed by atoms with E-state index in [-0.39, 0.29) is 53.1 Å². The fourth-order valence-electron chi connectivity index (χ4n) is 12.6. The molecule has 0 amide bonds. The summed E-state index contributed by atoms with van der Waals surface area (Å²) in [5.41, 5.74) is -0.0660. The second kappa shape index (κ2) is 33.7. The first-order valence-corrected chi connectivity index (χ1v) is 30.4. The molecule has 0 unspecified atom stereocenters. The Morgan fingerprint density at radius 3 is 1.15 bits per heavy atom. The zero-order chi connectivity index (χ0) is 69.2. The molecular weight excluding hydrogens is 1260 g/mol. The van der Waals surface area contributed by atoms with E-state index in [9.17, 15) is 90.0 Å². The number of esters is 6. The van der Waals surface area contributed by atoms with Crippen LogP contribution in [-0.2, 0) is 99.8 Å². The van der Waals surface area contributed by atoms with Gasteiger partial charge in [-0.25, -0.2) is 14.4 Å². The van der Waals surface area contributed by atoms with Crippen LogP contribution < -0.4 is 0 Å². The largest absolute Gasteiger partial charge is 0.468 e. The summed E-state index contributed by atoms with van der Waals surface area (Å²) >= 11 is 0. The molecule has 94 heavy (non-hydrogen) atoms. The lowest BCUT2D eigenvalue weighted by Crippen LogP contribution is -2.60. The Bertz CT molecular complexity index is 2830. The Labute approximate surface area is 539 Å². The van der Waals surface area contributed by atoms with Crippen molar-refractivity contribution in [3.05, 3.63) is 70.5 Å². The molecule has 4 fully saturated rings. The van der Waals surface area contributed by atoms with E-state index in [1.54, 1.807) is 13.8 Å². The van der Waals surface area contributed by atoms with Crippen LogP contribution >= 0.6 is 0 Å². The molecule has 7 rings (SSSR count). The highest BCUT2D eigenvalue weighted by molar-refractivity contribution is 5.92. The molecule has 0 aromatic heterocycles. The third-order valence-corrected chi connectivity index (χ3v) is 18.1. The number of carbonyl (C=O) groups excluding carboxylic acids is 6. The highest BCUT2D eigenvalue weighted by atomic mass is 16.8. The summed E-state index contributed by atoms with van der Waals surface area (Å²) in [6.45, 7) is 5.01. The van der Waals surface area contributed by atoms with Crippen LogP contribution in [0, 0.1) is 41.4 Å². The van der Waals surface area contributed by atoms with E-state index >= 15 is 0 Å². The Kier molecular flexibility index (Phi) is 27.0. The Morgan fingerprint density at radius 2 is 0.830 bits per heavy atom. The normalized spacial score (nSPS) is 39.1. The second-order valence-electron chi connectivity index (χ2n) is 23.5. The van der Waals surface area contributed by atoms with Crippen molar-refractivity contribution in [2.24, 2.45) is 41.4 Å². The van der Waals surface area contributed by atoms with Gasteiger partial charge in [0.1, 0.15) is 79.4 Å². The maximum atomic E-state index is 14.4. The Balaban J connectivity index is 1.11. The van der Waals surface area contributed by atoms with Crippen LogP contribution in [0.15, 0.2) is 70.5 Å². The van der Waals surface area contributed by atoms with Crippen molar-refractivity contribution in [2.45, 2.75) is 177 Å². The summed E-state index contributed by atoms with van der Waals surface area (Å²) < 4.78 is 84.5. The predicted octanol–water partition coefficient (Wildman–Crippen LogP) is -3.56. The smallest absolute Gasteiger partial charge is 0.337 e. The fraction of sp³-hybridized carbons (Fsp3) is 0.705. The third-order valence-electron chi connectivity index (χ3n) is 18.1. The van der Waals surface area contributed by atoms with Crippen LogP contribution in [0.4, 0.5) is 0 Å². The predicted molar refractivity (Wildman–Crippen MR) is 307 cm³/mol.